The van der Waals surface area contributed by atoms with Crippen LogP contribution in [0.1, 0.15) is 83.3 Å². The van der Waals surface area contributed by atoms with E-state index in [1.165, 1.54) is 21.9 Å². The van der Waals surface area contributed by atoms with E-state index >= 15 is 0 Å². The molecule has 0 bridgehead atoms. The zero-order chi connectivity index (χ0) is 37.0. The second-order valence-electron chi connectivity index (χ2n) is 16.5. The van der Waals surface area contributed by atoms with Gasteiger partial charge in [-0.3, -0.25) is 34.1 Å². The molecule has 5 aliphatic rings. The number of benzene rings is 2. The molecule has 2 aliphatic heterocycles. The van der Waals surface area contributed by atoms with E-state index in [0.717, 1.165) is 25.7 Å². The number of hydrogen-bond donors (Lipinski definition) is 3. The van der Waals surface area contributed by atoms with Crippen LogP contribution < -0.4 is 15.4 Å². The number of ether oxygens (including phenoxy) is 1. The highest BCUT2D eigenvalue weighted by Crippen LogP contribution is 2.46. The molecule has 1 saturated heterocycles. The van der Waals surface area contributed by atoms with E-state index in [-0.39, 0.29) is 37.6 Å². The normalized spacial score (nSPS) is 26.9. The first-order valence-electron chi connectivity index (χ1n) is 18.7. The summed E-state index contributed by atoms with van der Waals surface area (Å²) in [7, 11) is -3.86. The van der Waals surface area contributed by atoms with Crippen LogP contribution in [-0.2, 0) is 47.0 Å². The summed E-state index contributed by atoms with van der Waals surface area (Å²) in [6.45, 7) is 11.0. The number of sulfonamides is 1. The Kier molecular flexibility index (Phi) is 9.75. The van der Waals surface area contributed by atoms with Gasteiger partial charge in [0.05, 0.1) is 17.8 Å². The van der Waals surface area contributed by atoms with Gasteiger partial charge < -0.3 is 15.0 Å². The van der Waals surface area contributed by atoms with Gasteiger partial charge in [-0.05, 0) is 78.7 Å². The minimum atomic E-state index is -3.86. The number of rotatable bonds is 12. The fourth-order valence-electron chi connectivity index (χ4n) is 8.46. The van der Waals surface area contributed by atoms with Gasteiger partial charge in [-0.1, -0.05) is 63.2 Å². The Morgan fingerprint density at radius 2 is 1.67 bits per heavy atom. The number of carbonyl (C=O) groups is 4. The van der Waals surface area contributed by atoms with Crippen LogP contribution in [0.15, 0.2) is 49.1 Å². The number of esters is 1. The van der Waals surface area contributed by atoms with Gasteiger partial charge >= 0.3 is 5.97 Å². The highest BCUT2D eigenvalue weighted by Gasteiger charge is 2.62. The van der Waals surface area contributed by atoms with Crippen molar-refractivity contribution >= 4 is 44.5 Å². The van der Waals surface area contributed by atoms with Crippen molar-refractivity contribution in [1.82, 2.24) is 25.2 Å². The summed E-state index contributed by atoms with van der Waals surface area (Å²) in [5, 5.41) is 7.89. The van der Waals surface area contributed by atoms with E-state index in [2.05, 4.69) is 51.1 Å². The lowest BCUT2D eigenvalue weighted by Crippen LogP contribution is -2.60. The molecular formula is C39H51N5O7S. The standard InChI is InChI=1S/C39H51N5O7S/c1-5-27-19-39(27,37(48)42-52(49,50)30-16-17-30)41-35(46)31-18-28(43-21-25-12-8-10-24-11-9-13-26(22-43)33(24)25)23-44(31)36(47)34(38(2,3)4)40-20-32(45)51-29-14-6-7-15-29/h5,8-13,27-31,34,40H,1,6-7,14-23H2,2-4H3,(H,41,46)(H,42,48)/t27-,28-,31+,34-,39-/m1/s1. The molecule has 2 heterocycles. The Morgan fingerprint density at radius 1 is 1.02 bits per heavy atom. The predicted octanol–water partition coefficient (Wildman–Crippen LogP) is 3.28. The summed E-state index contributed by atoms with van der Waals surface area (Å²) in [4.78, 5) is 59.4. The third-order valence-electron chi connectivity index (χ3n) is 11.6. The van der Waals surface area contributed by atoms with Gasteiger partial charge in [0.25, 0.3) is 5.91 Å². The molecule has 2 aromatic rings. The fraction of sp³-hybridized carbons (Fsp3) is 0.590. The van der Waals surface area contributed by atoms with Crippen molar-refractivity contribution in [3.8, 4) is 0 Å². The monoisotopic (exact) mass is 733 g/mol. The molecule has 7 rings (SSSR count). The van der Waals surface area contributed by atoms with Crippen LogP contribution in [0.2, 0.25) is 0 Å². The smallest absolute Gasteiger partial charge is 0.320 e. The molecule has 280 valence electrons. The van der Waals surface area contributed by atoms with E-state index in [9.17, 15) is 27.6 Å². The van der Waals surface area contributed by atoms with Crippen molar-refractivity contribution in [2.45, 2.75) is 120 Å². The SMILES string of the molecule is C=C[C@@H]1C[C@]1(NC(=O)[C@@H]1C[C@@H](N2Cc3cccc4cccc(c34)C2)CN1C(=O)[C@@H](NCC(=O)OC1CCCC1)C(C)(C)C)C(=O)NS(=O)(=O)C1CC1. The topological polar surface area (TPSA) is 154 Å². The Morgan fingerprint density at radius 3 is 2.25 bits per heavy atom. The van der Waals surface area contributed by atoms with Gasteiger partial charge in [0.15, 0.2) is 0 Å². The van der Waals surface area contributed by atoms with Crippen LogP contribution in [0.5, 0.6) is 0 Å². The Labute approximate surface area is 306 Å². The minimum absolute atomic E-state index is 0.100. The van der Waals surface area contributed by atoms with Gasteiger partial charge in [0, 0.05) is 31.6 Å². The Hall–Kier alpha value is -3.81. The van der Waals surface area contributed by atoms with Crippen LogP contribution in [-0.4, -0.2) is 90.0 Å². The maximum absolute atomic E-state index is 14.7. The lowest BCUT2D eigenvalue weighted by atomic mass is 9.85. The van der Waals surface area contributed by atoms with Crippen LogP contribution in [0.3, 0.4) is 0 Å². The highest BCUT2D eigenvalue weighted by molar-refractivity contribution is 7.91. The number of nitrogens with one attached hydrogen (secondary N) is 3. The summed E-state index contributed by atoms with van der Waals surface area (Å²) in [6, 6.07) is 10.6. The van der Waals surface area contributed by atoms with E-state index < -0.39 is 62.0 Å². The molecule has 3 saturated carbocycles. The molecule has 4 fully saturated rings. The Balaban J connectivity index is 1.14. The summed E-state index contributed by atoms with van der Waals surface area (Å²) in [5.41, 5.74) is 0.254. The van der Waals surface area contributed by atoms with Crippen LogP contribution >= 0.6 is 0 Å². The maximum Gasteiger partial charge on any atom is 0.320 e. The second kappa shape index (κ2) is 13.9. The van der Waals surface area contributed by atoms with E-state index in [1.54, 1.807) is 11.0 Å². The van der Waals surface area contributed by atoms with Crippen molar-refractivity contribution in [2.24, 2.45) is 11.3 Å². The van der Waals surface area contributed by atoms with Crippen molar-refractivity contribution < 1.29 is 32.3 Å². The molecular weight excluding hydrogens is 683 g/mol. The fourth-order valence-corrected chi connectivity index (χ4v) is 9.82. The number of nitrogens with zero attached hydrogens (tertiary/aromatic N) is 2. The molecule has 5 atom stereocenters. The molecule has 0 radical (unpaired) electrons. The first-order chi connectivity index (χ1) is 24.7. The van der Waals surface area contributed by atoms with Gasteiger partial charge in [-0.15, -0.1) is 6.58 Å². The molecule has 12 nitrogen and oxygen atoms in total. The van der Waals surface area contributed by atoms with E-state index in [4.69, 9.17) is 4.74 Å². The molecule has 0 unspecified atom stereocenters. The number of amides is 3. The number of likely N-dealkylation sites (tertiary alicyclic amines) is 1. The molecule has 52 heavy (non-hydrogen) atoms. The van der Waals surface area contributed by atoms with Gasteiger partial charge in [0.2, 0.25) is 21.8 Å². The van der Waals surface area contributed by atoms with E-state index in [0.29, 0.717) is 32.4 Å². The third kappa shape index (κ3) is 7.23. The third-order valence-corrected chi connectivity index (χ3v) is 13.4. The van der Waals surface area contributed by atoms with Crippen molar-refractivity contribution in [3.63, 3.8) is 0 Å². The number of hydrogen-bond acceptors (Lipinski definition) is 9. The minimum Gasteiger partial charge on any atom is -0.461 e. The van der Waals surface area contributed by atoms with E-state index in [1.807, 2.05) is 32.9 Å². The predicted molar refractivity (Wildman–Crippen MR) is 196 cm³/mol. The summed E-state index contributed by atoms with van der Waals surface area (Å²) in [6.07, 6.45) is 6.69. The van der Waals surface area contributed by atoms with Crippen molar-refractivity contribution in [1.29, 1.82) is 0 Å². The molecule has 13 heteroatoms. The molecule has 3 N–H and O–H groups in total. The van der Waals surface area contributed by atoms with Gasteiger partial charge in [-0.25, -0.2) is 8.42 Å². The molecule has 0 aromatic heterocycles. The van der Waals surface area contributed by atoms with Crippen molar-refractivity contribution in [3.05, 3.63) is 60.2 Å². The van der Waals surface area contributed by atoms with Gasteiger partial charge in [0.1, 0.15) is 17.7 Å². The van der Waals surface area contributed by atoms with Gasteiger partial charge in [-0.2, -0.15) is 0 Å². The quantitative estimate of drug-likeness (QED) is 0.220. The lowest BCUT2D eigenvalue weighted by molar-refractivity contribution is -0.149. The highest BCUT2D eigenvalue weighted by atomic mass is 32.2. The second-order valence-corrected chi connectivity index (χ2v) is 18.5. The first-order valence-corrected chi connectivity index (χ1v) is 20.2. The maximum atomic E-state index is 14.7. The largest absolute Gasteiger partial charge is 0.461 e. The summed E-state index contributed by atoms with van der Waals surface area (Å²) in [5.74, 6) is -2.50. The van der Waals surface area contributed by atoms with Crippen LogP contribution in [0.4, 0.5) is 0 Å². The molecule has 3 aliphatic carbocycles. The molecule has 3 amide bonds. The zero-order valence-corrected chi connectivity index (χ0v) is 31.2. The molecule has 2 aromatic carbocycles. The van der Waals surface area contributed by atoms with Crippen LogP contribution in [0.25, 0.3) is 10.8 Å². The number of carbonyl (C=O) groups excluding carboxylic acids is 4. The summed E-state index contributed by atoms with van der Waals surface area (Å²) >= 11 is 0. The lowest BCUT2D eigenvalue weighted by Gasteiger charge is -2.36. The first kappa shape index (κ1) is 36.5. The van der Waals surface area contributed by atoms with Crippen molar-refractivity contribution in [2.75, 3.05) is 13.1 Å². The Bertz CT molecular complexity index is 1840. The zero-order valence-electron chi connectivity index (χ0n) is 30.4. The van der Waals surface area contributed by atoms with Crippen LogP contribution in [0, 0.1) is 11.3 Å². The average molecular weight is 734 g/mol. The average Bonchev–Trinajstić information content (AvgIpc) is 3.97. The summed E-state index contributed by atoms with van der Waals surface area (Å²) < 4.78 is 33.3. The molecule has 0 spiro atoms.